The van der Waals surface area contributed by atoms with Crippen LogP contribution in [0.4, 0.5) is 0 Å². The highest BCUT2D eigenvalue weighted by Gasteiger charge is 2.46. The van der Waals surface area contributed by atoms with Crippen LogP contribution in [-0.4, -0.2) is 47.4 Å². The molecule has 1 aliphatic heterocycles. The summed E-state index contributed by atoms with van der Waals surface area (Å²) in [6.07, 6.45) is -3.66. The number of carbonyl (C=O) groups is 1. The molecule has 0 aliphatic carbocycles. The van der Waals surface area contributed by atoms with E-state index in [0.717, 1.165) is 5.56 Å². The predicted octanol–water partition coefficient (Wildman–Crippen LogP) is 0.213. The van der Waals surface area contributed by atoms with E-state index in [1.807, 2.05) is 30.3 Å². The normalized spacial score (nSPS) is 29.4. The maximum Gasteiger partial charge on any atom is 0.303 e. The fourth-order valence-electron chi connectivity index (χ4n) is 2.14. The zero-order chi connectivity index (χ0) is 14.5. The van der Waals surface area contributed by atoms with Crippen molar-refractivity contribution >= 4 is 5.97 Å². The molecule has 1 heterocycles. The van der Waals surface area contributed by atoms with Crippen LogP contribution >= 0.6 is 0 Å². The second kappa shape index (κ2) is 6.81. The predicted molar refractivity (Wildman–Crippen MR) is 68.5 cm³/mol. The minimum Gasteiger partial charge on any atom is -0.454 e. The van der Waals surface area contributed by atoms with Crippen molar-refractivity contribution in [3.05, 3.63) is 35.9 Å². The van der Waals surface area contributed by atoms with Crippen molar-refractivity contribution < 1.29 is 29.2 Å². The molecule has 110 valence electrons. The molecule has 1 fully saturated rings. The summed E-state index contributed by atoms with van der Waals surface area (Å²) in [4.78, 5) is 11.1. The summed E-state index contributed by atoms with van der Waals surface area (Å²) in [6.45, 7) is 1.19. The summed E-state index contributed by atoms with van der Waals surface area (Å²) in [5, 5.41) is 19.0. The van der Waals surface area contributed by atoms with Crippen LogP contribution in [0.5, 0.6) is 0 Å². The van der Waals surface area contributed by atoms with Gasteiger partial charge in [0, 0.05) is 6.92 Å². The third-order valence-electron chi connectivity index (χ3n) is 3.05. The highest BCUT2D eigenvalue weighted by Crippen LogP contribution is 2.26. The second-order valence-electron chi connectivity index (χ2n) is 4.58. The first-order valence-corrected chi connectivity index (χ1v) is 6.39. The number of esters is 1. The Morgan fingerprint density at radius 1 is 1.30 bits per heavy atom. The molecule has 0 aromatic heterocycles. The lowest BCUT2D eigenvalue weighted by Crippen LogP contribution is -2.39. The van der Waals surface area contributed by atoms with E-state index >= 15 is 0 Å². The number of aliphatic hydroxyl groups excluding tert-OH is 2. The Kier molecular flexibility index (Phi) is 5.08. The lowest BCUT2D eigenvalue weighted by Gasteiger charge is -2.22. The Balaban J connectivity index is 2.02. The number of rotatable bonds is 5. The van der Waals surface area contributed by atoms with Gasteiger partial charge < -0.3 is 24.4 Å². The molecule has 0 bridgehead atoms. The molecule has 4 atom stereocenters. The molecule has 1 aromatic rings. The third-order valence-corrected chi connectivity index (χ3v) is 3.05. The molecule has 1 unspecified atom stereocenters. The van der Waals surface area contributed by atoms with Gasteiger partial charge in [-0.05, 0) is 5.56 Å². The van der Waals surface area contributed by atoms with Crippen molar-refractivity contribution in [3.63, 3.8) is 0 Å². The Bertz CT molecular complexity index is 435. The third kappa shape index (κ3) is 3.55. The number of benzene rings is 1. The number of carbonyl (C=O) groups excluding carboxylic acids is 1. The minimum absolute atomic E-state index is 0.274. The van der Waals surface area contributed by atoms with E-state index in [1.54, 1.807) is 0 Å². The quantitative estimate of drug-likeness (QED) is 0.751. The Morgan fingerprint density at radius 3 is 2.60 bits per heavy atom. The maximum absolute atomic E-state index is 11.1. The molecule has 0 radical (unpaired) electrons. The lowest BCUT2D eigenvalue weighted by molar-refractivity contribution is -0.172. The fraction of sp³-hybridized carbons (Fsp3) is 0.500. The number of ether oxygens (including phenoxy) is 3. The summed E-state index contributed by atoms with van der Waals surface area (Å²) in [5.74, 6) is -0.537. The molecular formula is C14H18O6. The highest BCUT2D eigenvalue weighted by atomic mass is 16.7. The molecule has 6 heteroatoms. The maximum atomic E-state index is 11.1. The van der Waals surface area contributed by atoms with Crippen molar-refractivity contribution in [2.75, 3.05) is 6.61 Å². The monoisotopic (exact) mass is 282 g/mol. The van der Waals surface area contributed by atoms with Gasteiger partial charge in [-0.1, -0.05) is 30.3 Å². The molecular weight excluding hydrogens is 264 g/mol. The van der Waals surface area contributed by atoms with Crippen LogP contribution in [0.2, 0.25) is 0 Å². The number of hydrogen-bond acceptors (Lipinski definition) is 6. The zero-order valence-electron chi connectivity index (χ0n) is 11.1. The van der Waals surface area contributed by atoms with Crippen molar-refractivity contribution in [2.24, 2.45) is 0 Å². The second-order valence-corrected chi connectivity index (χ2v) is 4.58. The minimum atomic E-state index is -1.29. The van der Waals surface area contributed by atoms with Gasteiger partial charge in [-0.25, -0.2) is 0 Å². The van der Waals surface area contributed by atoms with Gasteiger partial charge in [-0.3, -0.25) is 4.79 Å². The van der Waals surface area contributed by atoms with Gasteiger partial charge >= 0.3 is 5.97 Å². The summed E-state index contributed by atoms with van der Waals surface area (Å²) < 4.78 is 15.8. The molecule has 1 saturated heterocycles. The summed E-state index contributed by atoms with van der Waals surface area (Å²) in [5.41, 5.74) is 0.937. The van der Waals surface area contributed by atoms with Crippen LogP contribution in [0.1, 0.15) is 12.5 Å². The molecule has 6 nitrogen and oxygen atoms in total. The summed E-state index contributed by atoms with van der Waals surface area (Å²) in [6, 6.07) is 9.43. The fourth-order valence-corrected chi connectivity index (χ4v) is 2.14. The van der Waals surface area contributed by atoms with Gasteiger partial charge in [-0.2, -0.15) is 0 Å². The van der Waals surface area contributed by atoms with Crippen LogP contribution in [0.15, 0.2) is 30.3 Å². The van der Waals surface area contributed by atoms with E-state index in [0.29, 0.717) is 0 Å². The van der Waals surface area contributed by atoms with Crippen LogP contribution in [-0.2, 0) is 25.6 Å². The Hall–Kier alpha value is -1.47. The standard InChI is InChI=1S/C14H18O6/c1-9(16)19-13-12(11(7-15)20-14(13)17)18-8-10-5-3-2-4-6-10/h2-6,11-15,17H,7-8H2,1H3/t11-,12?,13+,14-/m1/s1. The first kappa shape index (κ1) is 14.9. The molecule has 2 N–H and O–H groups in total. The SMILES string of the molecule is CC(=O)O[C@H]1C(OCc2ccccc2)[C@@H](CO)O[C@H]1O. The molecule has 0 saturated carbocycles. The molecule has 0 spiro atoms. The van der Waals surface area contributed by atoms with Gasteiger partial charge in [0.1, 0.15) is 12.2 Å². The molecule has 2 rings (SSSR count). The zero-order valence-corrected chi connectivity index (χ0v) is 11.1. The van der Waals surface area contributed by atoms with Gasteiger partial charge in [0.15, 0.2) is 12.4 Å². The highest BCUT2D eigenvalue weighted by molar-refractivity contribution is 5.66. The average Bonchev–Trinajstić information content (AvgIpc) is 2.73. The van der Waals surface area contributed by atoms with Crippen LogP contribution < -0.4 is 0 Å². The molecule has 1 aromatic carbocycles. The van der Waals surface area contributed by atoms with Gasteiger partial charge in [0.2, 0.25) is 0 Å². The van der Waals surface area contributed by atoms with Crippen LogP contribution in [0, 0.1) is 0 Å². The van der Waals surface area contributed by atoms with E-state index in [-0.39, 0.29) is 13.2 Å². The number of hydrogen-bond donors (Lipinski definition) is 2. The molecule has 1 aliphatic rings. The largest absolute Gasteiger partial charge is 0.454 e. The van der Waals surface area contributed by atoms with Crippen molar-refractivity contribution in [3.8, 4) is 0 Å². The van der Waals surface area contributed by atoms with Gasteiger partial charge in [0.25, 0.3) is 0 Å². The average molecular weight is 282 g/mol. The summed E-state index contributed by atoms with van der Waals surface area (Å²) >= 11 is 0. The van der Waals surface area contributed by atoms with E-state index in [9.17, 15) is 15.0 Å². The van der Waals surface area contributed by atoms with E-state index < -0.39 is 30.6 Å². The molecule has 20 heavy (non-hydrogen) atoms. The van der Waals surface area contributed by atoms with E-state index in [1.165, 1.54) is 6.92 Å². The molecule has 0 amide bonds. The smallest absolute Gasteiger partial charge is 0.303 e. The van der Waals surface area contributed by atoms with Crippen molar-refractivity contribution in [2.45, 2.75) is 38.1 Å². The first-order valence-electron chi connectivity index (χ1n) is 6.39. The van der Waals surface area contributed by atoms with Gasteiger partial charge in [0.05, 0.1) is 13.2 Å². The van der Waals surface area contributed by atoms with Crippen molar-refractivity contribution in [1.82, 2.24) is 0 Å². The lowest BCUT2D eigenvalue weighted by atomic mass is 10.1. The Morgan fingerprint density at radius 2 is 2.00 bits per heavy atom. The van der Waals surface area contributed by atoms with E-state index in [2.05, 4.69) is 0 Å². The van der Waals surface area contributed by atoms with E-state index in [4.69, 9.17) is 14.2 Å². The van der Waals surface area contributed by atoms with Crippen molar-refractivity contribution in [1.29, 1.82) is 0 Å². The van der Waals surface area contributed by atoms with Gasteiger partial charge in [-0.15, -0.1) is 0 Å². The topological polar surface area (TPSA) is 85.2 Å². The first-order chi connectivity index (χ1) is 9.61. The van der Waals surface area contributed by atoms with Crippen LogP contribution in [0.25, 0.3) is 0 Å². The summed E-state index contributed by atoms with van der Waals surface area (Å²) in [7, 11) is 0. The Labute approximate surface area is 116 Å². The number of aliphatic hydroxyl groups is 2. The van der Waals surface area contributed by atoms with Crippen LogP contribution in [0.3, 0.4) is 0 Å².